The summed E-state index contributed by atoms with van der Waals surface area (Å²) in [5.74, 6) is -1.42. The van der Waals surface area contributed by atoms with Gasteiger partial charge in [0, 0.05) is 17.8 Å². The van der Waals surface area contributed by atoms with Crippen LogP contribution in [0.25, 0.3) is 0 Å². The molecule has 1 N–H and O–H groups in total. The molecule has 3 aliphatic carbocycles. The zero-order chi connectivity index (χ0) is 23.1. The normalized spacial score (nSPS) is 26.2. The highest BCUT2D eigenvalue weighted by atomic mass is 16.6. The number of carbonyl (C=O) groups is 3. The van der Waals surface area contributed by atoms with Gasteiger partial charge in [-0.05, 0) is 36.3 Å². The highest BCUT2D eigenvalue weighted by Crippen LogP contribution is 2.51. The van der Waals surface area contributed by atoms with Gasteiger partial charge in [-0.1, -0.05) is 48.6 Å². The van der Waals surface area contributed by atoms with Gasteiger partial charge in [0.05, 0.1) is 29.2 Å². The molecule has 8 heteroatoms. The number of anilines is 1. The summed E-state index contributed by atoms with van der Waals surface area (Å²) in [6.07, 6.45) is 5.80. The minimum absolute atomic E-state index is 0.0663. The first-order chi connectivity index (χ1) is 15.9. The molecule has 1 aliphatic heterocycles. The Bertz CT molecular complexity index is 1130. The zero-order valence-corrected chi connectivity index (χ0v) is 17.8. The van der Waals surface area contributed by atoms with E-state index in [0.29, 0.717) is 5.56 Å². The standard InChI is InChI=1S/C25H23N3O5/c29-21(26-18-7-4-8-19(13-18)28(32)33)14-20(15-5-2-1-3-6-15)27-24(30)22-16-9-10-17(12-11-16)23(22)25(27)31/h1-10,13,16-17,20,22-23H,11-12,14H2,(H,26,29). The van der Waals surface area contributed by atoms with Crippen molar-refractivity contribution in [3.8, 4) is 0 Å². The van der Waals surface area contributed by atoms with E-state index in [4.69, 9.17) is 0 Å². The number of rotatable bonds is 6. The summed E-state index contributed by atoms with van der Waals surface area (Å²) in [6.45, 7) is 0. The van der Waals surface area contributed by atoms with Gasteiger partial charge in [-0.3, -0.25) is 29.4 Å². The minimum atomic E-state index is -0.741. The monoisotopic (exact) mass is 445 g/mol. The second kappa shape index (κ2) is 8.27. The van der Waals surface area contributed by atoms with E-state index in [1.807, 2.05) is 18.2 Å². The average molecular weight is 445 g/mol. The van der Waals surface area contributed by atoms with Gasteiger partial charge in [0.2, 0.25) is 17.7 Å². The van der Waals surface area contributed by atoms with Crippen molar-refractivity contribution in [2.24, 2.45) is 23.7 Å². The second-order valence-corrected chi connectivity index (χ2v) is 8.87. The number of carbonyl (C=O) groups excluding carboxylic acids is 3. The van der Waals surface area contributed by atoms with Crippen molar-refractivity contribution >= 4 is 29.1 Å². The molecule has 1 saturated heterocycles. The first-order valence-corrected chi connectivity index (χ1v) is 11.1. The number of imide groups is 1. The van der Waals surface area contributed by atoms with Gasteiger partial charge in [0.25, 0.3) is 5.69 Å². The molecule has 5 atom stereocenters. The Balaban J connectivity index is 1.42. The summed E-state index contributed by atoms with van der Waals surface area (Å²) >= 11 is 0. The average Bonchev–Trinajstić information content (AvgIpc) is 3.11. The van der Waals surface area contributed by atoms with Crippen LogP contribution in [0.3, 0.4) is 0 Å². The quantitative estimate of drug-likeness (QED) is 0.314. The first-order valence-electron chi connectivity index (χ1n) is 11.1. The number of fused-ring (bicyclic) bond motifs is 1. The van der Waals surface area contributed by atoms with Crippen molar-refractivity contribution in [1.82, 2.24) is 4.90 Å². The Morgan fingerprint density at radius 1 is 1.00 bits per heavy atom. The first kappa shape index (κ1) is 21.1. The van der Waals surface area contributed by atoms with E-state index < -0.39 is 16.9 Å². The Morgan fingerprint density at radius 2 is 1.64 bits per heavy atom. The number of likely N-dealkylation sites (tertiary alicyclic amines) is 1. The predicted octanol–water partition coefficient (Wildman–Crippen LogP) is 3.86. The molecule has 8 nitrogen and oxygen atoms in total. The maximum Gasteiger partial charge on any atom is 0.271 e. The van der Waals surface area contributed by atoms with E-state index in [1.165, 1.54) is 23.1 Å². The lowest BCUT2D eigenvalue weighted by atomic mass is 9.63. The molecule has 1 saturated carbocycles. The minimum Gasteiger partial charge on any atom is -0.326 e. The van der Waals surface area contributed by atoms with E-state index >= 15 is 0 Å². The van der Waals surface area contributed by atoms with E-state index in [-0.39, 0.29) is 53.3 Å². The molecule has 0 radical (unpaired) electrons. The summed E-state index contributed by atoms with van der Waals surface area (Å²) < 4.78 is 0. The van der Waals surface area contributed by atoms with E-state index in [2.05, 4.69) is 17.5 Å². The largest absolute Gasteiger partial charge is 0.326 e. The molecule has 2 fully saturated rings. The van der Waals surface area contributed by atoms with Crippen molar-refractivity contribution in [3.05, 3.63) is 82.4 Å². The third-order valence-electron chi connectivity index (χ3n) is 7.01. The van der Waals surface area contributed by atoms with Gasteiger partial charge < -0.3 is 5.32 Å². The Kier molecular flexibility index (Phi) is 5.28. The topological polar surface area (TPSA) is 110 Å². The second-order valence-electron chi connectivity index (χ2n) is 8.87. The van der Waals surface area contributed by atoms with Gasteiger partial charge in [-0.25, -0.2) is 0 Å². The summed E-state index contributed by atoms with van der Waals surface area (Å²) in [6, 6.07) is 14.0. The molecule has 6 rings (SSSR count). The maximum absolute atomic E-state index is 13.5. The molecule has 4 aliphatic rings. The number of nitrogens with one attached hydrogen (secondary N) is 1. The van der Waals surface area contributed by atoms with E-state index in [1.54, 1.807) is 18.2 Å². The number of hydrogen-bond donors (Lipinski definition) is 1. The van der Waals surface area contributed by atoms with Gasteiger partial charge in [0.1, 0.15) is 0 Å². The molecule has 168 valence electrons. The maximum atomic E-state index is 13.5. The predicted molar refractivity (Wildman–Crippen MR) is 120 cm³/mol. The summed E-state index contributed by atoms with van der Waals surface area (Å²) in [5, 5.41) is 13.7. The number of nitro benzene ring substituents is 1. The fourth-order valence-electron chi connectivity index (χ4n) is 5.52. The molecule has 33 heavy (non-hydrogen) atoms. The van der Waals surface area contributed by atoms with Crippen LogP contribution in [0, 0.1) is 33.8 Å². The molecule has 0 aromatic heterocycles. The lowest BCUT2D eigenvalue weighted by Crippen LogP contribution is -2.38. The van der Waals surface area contributed by atoms with Crippen LogP contribution >= 0.6 is 0 Å². The van der Waals surface area contributed by atoms with Crippen molar-refractivity contribution in [2.75, 3.05) is 5.32 Å². The zero-order valence-electron chi connectivity index (χ0n) is 17.8. The van der Waals surface area contributed by atoms with Gasteiger partial charge >= 0.3 is 0 Å². The van der Waals surface area contributed by atoms with Crippen LogP contribution < -0.4 is 5.32 Å². The summed E-state index contributed by atoms with van der Waals surface area (Å²) in [7, 11) is 0. The third kappa shape index (κ3) is 3.71. The van der Waals surface area contributed by atoms with Gasteiger partial charge in [0.15, 0.2) is 0 Å². The lowest BCUT2D eigenvalue weighted by molar-refractivity contribution is -0.384. The molecular weight excluding hydrogens is 422 g/mol. The van der Waals surface area contributed by atoms with E-state index in [0.717, 1.165) is 12.8 Å². The fourth-order valence-corrected chi connectivity index (χ4v) is 5.52. The van der Waals surface area contributed by atoms with Crippen LogP contribution in [0.1, 0.15) is 30.9 Å². The molecule has 0 spiro atoms. The number of nitro groups is 1. The van der Waals surface area contributed by atoms with Crippen molar-refractivity contribution in [3.63, 3.8) is 0 Å². The highest BCUT2D eigenvalue weighted by Gasteiger charge is 2.58. The molecular formula is C25H23N3O5. The number of benzene rings is 2. The van der Waals surface area contributed by atoms with Crippen LogP contribution in [0.2, 0.25) is 0 Å². The van der Waals surface area contributed by atoms with Crippen molar-refractivity contribution < 1.29 is 19.3 Å². The SMILES string of the molecule is O=C(CC(c1ccccc1)N1C(=O)C2C3C=CC(CC3)C2C1=O)Nc1cccc([N+](=O)[O-])c1. The van der Waals surface area contributed by atoms with Crippen LogP contribution in [-0.2, 0) is 14.4 Å². The number of allylic oxidation sites excluding steroid dienone is 2. The highest BCUT2D eigenvalue weighted by molar-refractivity contribution is 6.07. The Morgan fingerprint density at radius 3 is 2.21 bits per heavy atom. The summed E-state index contributed by atoms with van der Waals surface area (Å²) in [4.78, 5) is 51.7. The Hall–Kier alpha value is -3.81. The molecule has 2 bridgehead atoms. The molecule has 2 aromatic carbocycles. The third-order valence-corrected chi connectivity index (χ3v) is 7.01. The molecule has 5 unspecified atom stereocenters. The van der Waals surface area contributed by atoms with Crippen LogP contribution in [0.15, 0.2) is 66.7 Å². The van der Waals surface area contributed by atoms with Gasteiger partial charge in [-0.2, -0.15) is 0 Å². The van der Waals surface area contributed by atoms with Crippen molar-refractivity contribution in [2.45, 2.75) is 25.3 Å². The lowest BCUT2D eigenvalue weighted by Gasteiger charge is -2.38. The number of non-ortho nitro benzene ring substituents is 1. The molecule has 2 aromatic rings. The molecule has 3 amide bonds. The molecule has 1 heterocycles. The Labute approximate surface area is 190 Å². The number of amides is 3. The fraction of sp³-hybridized carbons (Fsp3) is 0.320. The van der Waals surface area contributed by atoms with Gasteiger partial charge in [-0.15, -0.1) is 0 Å². The van der Waals surface area contributed by atoms with Crippen molar-refractivity contribution in [1.29, 1.82) is 0 Å². The number of hydrogen-bond acceptors (Lipinski definition) is 5. The van der Waals surface area contributed by atoms with Crippen LogP contribution in [-0.4, -0.2) is 27.5 Å². The van der Waals surface area contributed by atoms with Crippen LogP contribution in [0.5, 0.6) is 0 Å². The number of nitrogens with zero attached hydrogens (tertiary/aromatic N) is 2. The summed E-state index contributed by atoms with van der Waals surface area (Å²) in [5.41, 5.74) is 0.854. The van der Waals surface area contributed by atoms with E-state index in [9.17, 15) is 24.5 Å². The van der Waals surface area contributed by atoms with Crippen LogP contribution in [0.4, 0.5) is 11.4 Å². The smallest absolute Gasteiger partial charge is 0.271 e.